The minimum atomic E-state index is -1.04. The van der Waals surface area contributed by atoms with Crippen LogP contribution in [-0.4, -0.2) is 18.0 Å². The summed E-state index contributed by atoms with van der Waals surface area (Å²) in [6, 6.07) is 12.7. The Balaban J connectivity index is 2.03. The number of carbonyl (C=O) groups is 2. The number of anilines is 1. The maximum atomic E-state index is 12.1. The van der Waals surface area contributed by atoms with Crippen LogP contribution in [-0.2, 0) is 9.53 Å². The molecule has 0 spiro atoms. The molecule has 2 aromatic rings. The number of nitrogens with one attached hydrogen (secondary N) is 1. The van der Waals surface area contributed by atoms with E-state index < -0.39 is 18.0 Å². The van der Waals surface area contributed by atoms with Gasteiger partial charge in [0.2, 0.25) is 0 Å². The van der Waals surface area contributed by atoms with Crippen LogP contribution in [0.4, 0.5) is 5.69 Å². The molecule has 5 nitrogen and oxygen atoms in total. The molecular formula is C17H12Cl2N2O3. The predicted molar refractivity (Wildman–Crippen MR) is 91.1 cm³/mol. The highest BCUT2D eigenvalue weighted by atomic mass is 35.5. The predicted octanol–water partition coefficient (Wildman–Crippen LogP) is 4.05. The minimum absolute atomic E-state index is 0.152. The van der Waals surface area contributed by atoms with Crippen LogP contribution in [0.5, 0.6) is 0 Å². The zero-order valence-electron chi connectivity index (χ0n) is 12.5. The molecule has 0 bridgehead atoms. The molecule has 0 saturated carbocycles. The second kappa shape index (κ2) is 7.82. The lowest BCUT2D eigenvalue weighted by Gasteiger charge is -2.14. The van der Waals surface area contributed by atoms with E-state index in [1.54, 1.807) is 18.2 Å². The average Bonchev–Trinajstić information content (AvgIpc) is 2.54. The summed E-state index contributed by atoms with van der Waals surface area (Å²) >= 11 is 11.7. The molecule has 0 aliphatic carbocycles. The van der Waals surface area contributed by atoms with E-state index in [1.807, 2.05) is 6.07 Å². The summed E-state index contributed by atoms with van der Waals surface area (Å²) in [6.07, 6.45) is -1.04. The minimum Gasteiger partial charge on any atom is -0.449 e. The summed E-state index contributed by atoms with van der Waals surface area (Å²) in [4.78, 5) is 24.1. The summed E-state index contributed by atoms with van der Waals surface area (Å²) in [5.74, 6) is -1.24. The number of benzene rings is 2. The number of amides is 1. The van der Waals surface area contributed by atoms with E-state index in [0.29, 0.717) is 21.3 Å². The summed E-state index contributed by atoms with van der Waals surface area (Å²) in [5.41, 5.74) is 0.998. The molecule has 0 aromatic heterocycles. The SMILES string of the molecule is C[C@H](OC(=O)c1cc(Cl)cc(Cl)c1)C(=O)Nc1cccc(C#N)c1. The molecule has 0 radical (unpaired) electrons. The van der Waals surface area contributed by atoms with Crippen LogP contribution < -0.4 is 5.32 Å². The lowest BCUT2D eigenvalue weighted by molar-refractivity contribution is -0.123. The Bertz CT molecular complexity index is 811. The highest BCUT2D eigenvalue weighted by Gasteiger charge is 2.19. The summed E-state index contributed by atoms with van der Waals surface area (Å²) in [7, 11) is 0. The fourth-order valence-corrected chi connectivity index (χ4v) is 2.39. The lowest BCUT2D eigenvalue weighted by Crippen LogP contribution is -2.30. The Kier molecular flexibility index (Phi) is 5.80. The smallest absolute Gasteiger partial charge is 0.339 e. The molecule has 1 amide bonds. The molecule has 2 aromatic carbocycles. The number of halogens is 2. The van der Waals surface area contributed by atoms with Crippen molar-refractivity contribution in [3.05, 3.63) is 63.6 Å². The molecule has 0 heterocycles. The topological polar surface area (TPSA) is 79.2 Å². The number of esters is 1. The monoisotopic (exact) mass is 362 g/mol. The van der Waals surface area contributed by atoms with Gasteiger partial charge in [0.25, 0.3) is 5.91 Å². The number of nitrogens with zero attached hydrogens (tertiary/aromatic N) is 1. The molecular weight excluding hydrogens is 351 g/mol. The second-order valence-corrected chi connectivity index (χ2v) is 5.76. The summed E-state index contributed by atoms with van der Waals surface area (Å²) in [5, 5.41) is 12.0. The van der Waals surface area contributed by atoms with Crippen LogP contribution in [0.15, 0.2) is 42.5 Å². The van der Waals surface area contributed by atoms with Crippen molar-refractivity contribution in [2.24, 2.45) is 0 Å². The zero-order chi connectivity index (χ0) is 17.7. The van der Waals surface area contributed by atoms with Gasteiger partial charge in [-0.05, 0) is 43.3 Å². The van der Waals surface area contributed by atoms with Gasteiger partial charge in [0.1, 0.15) is 0 Å². The van der Waals surface area contributed by atoms with Crippen molar-refractivity contribution >= 4 is 40.8 Å². The van der Waals surface area contributed by atoms with Gasteiger partial charge in [-0.15, -0.1) is 0 Å². The molecule has 0 saturated heterocycles. The first-order valence-electron chi connectivity index (χ1n) is 6.87. The number of nitriles is 1. The van der Waals surface area contributed by atoms with Crippen molar-refractivity contribution in [3.63, 3.8) is 0 Å². The van der Waals surface area contributed by atoms with Crippen LogP contribution in [0, 0.1) is 11.3 Å². The largest absolute Gasteiger partial charge is 0.449 e. The lowest BCUT2D eigenvalue weighted by atomic mass is 10.2. The van der Waals surface area contributed by atoms with Crippen molar-refractivity contribution in [1.29, 1.82) is 5.26 Å². The number of rotatable bonds is 4. The van der Waals surface area contributed by atoms with E-state index in [0.717, 1.165) is 0 Å². The zero-order valence-corrected chi connectivity index (χ0v) is 14.1. The first kappa shape index (κ1) is 17.8. The van der Waals surface area contributed by atoms with Gasteiger partial charge in [-0.1, -0.05) is 29.3 Å². The maximum absolute atomic E-state index is 12.1. The molecule has 7 heteroatoms. The van der Waals surface area contributed by atoms with Crippen molar-refractivity contribution < 1.29 is 14.3 Å². The molecule has 0 aliphatic rings. The molecule has 2 rings (SSSR count). The molecule has 122 valence electrons. The standard InChI is InChI=1S/C17H12Cl2N2O3/c1-10(16(22)21-15-4-2-3-11(5-15)9-20)24-17(23)12-6-13(18)8-14(19)7-12/h2-8,10H,1H3,(H,21,22)/t10-/m0/s1. The van der Waals surface area contributed by atoms with E-state index in [4.69, 9.17) is 33.2 Å². The molecule has 0 aliphatic heterocycles. The van der Waals surface area contributed by atoms with Crippen molar-refractivity contribution in [1.82, 2.24) is 0 Å². The van der Waals surface area contributed by atoms with E-state index >= 15 is 0 Å². The van der Waals surface area contributed by atoms with Gasteiger partial charge in [-0.3, -0.25) is 4.79 Å². The fraction of sp³-hybridized carbons (Fsp3) is 0.118. The van der Waals surface area contributed by atoms with E-state index in [2.05, 4.69) is 5.32 Å². The van der Waals surface area contributed by atoms with Crippen LogP contribution >= 0.6 is 23.2 Å². The molecule has 0 fully saturated rings. The van der Waals surface area contributed by atoms with Crippen LogP contribution in [0.1, 0.15) is 22.8 Å². The quantitative estimate of drug-likeness (QED) is 0.832. The van der Waals surface area contributed by atoms with Crippen LogP contribution in [0.2, 0.25) is 10.0 Å². The third kappa shape index (κ3) is 4.72. The van der Waals surface area contributed by atoms with Crippen molar-refractivity contribution in [2.45, 2.75) is 13.0 Å². The van der Waals surface area contributed by atoms with Crippen molar-refractivity contribution in [2.75, 3.05) is 5.32 Å². The fourth-order valence-electron chi connectivity index (χ4n) is 1.86. The highest BCUT2D eigenvalue weighted by Crippen LogP contribution is 2.20. The van der Waals surface area contributed by atoms with Gasteiger partial charge in [0.15, 0.2) is 6.10 Å². The molecule has 1 atom stereocenters. The van der Waals surface area contributed by atoms with Crippen molar-refractivity contribution in [3.8, 4) is 6.07 Å². The van der Waals surface area contributed by atoms with Gasteiger partial charge in [-0.25, -0.2) is 4.79 Å². The second-order valence-electron chi connectivity index (χ2n) is 4.89. The highest BCUT2D eigenvalue weighted by molar-refractivity contribution is 6.35. The average molecular weight is 363 g/mol. The van der Waals surface area contributed by atoms with E-state index in [9.17, 15) is 9.59 Å². The van der Waals surface area contributed by atoms with Gasteiger partial charge in [0.05, 0.1) is 17.2 Å². The number of hydrogen-bond acceptors (Lipinski definition) is 4. The van der Waals surface area contributed by atoms with Gasteiger partial charge >= 0.3 is 5.97 Å². The van der Waals surface area contributed by atoms with Crippen LogP contribution in [0.25, 0.3) is 0 Å². The first-order valence-corrected chi connectivity index (χ1v) is 7.63. The van der Waals surface area contributed by atoms with Gasteiger partial charge < -0.3 is 10.1 Å². The maximum Gasteiger partial charge on any atom is 0.339 e. The van der Waals surface area contributed by atoms with Crippen LogP contribution in [0.3, 0.4) is 0 Å². The third-order valence-corrected chi connectivity index (χ3v) is 3.45. The Hall–Kier alpha value is -2.55. The Labute approximate surface area is 148 Å². The Morgan fingerprint density at radius 1 is 1.17 bits per heavy atom. The summed E-state index contributed by atoms with van der Waals surface area (Å²) in [6.45, 7) is 1.44. The normalized spacial score (nSPS) is 11.2. The van der Waals surface area contributed by atoms with E-state index in [1.165, 1.54) is 31.2 Å². The summed E-state index contributed by atoms with van der Waals surface area (Å²) < 4.78 is 5.10. The Morgan fingerprint density at radius 3 is 2.46 bits per heavy atom. The van der Waals surface area contributed by atoms with Gasteiger partial charge in [-0.2, -0.15) is 5.26 Å². The molecule has 0 unspecified atom stereocenters. The van der Waals surface area contributed by atoms with Gasteiger partial charge in [0, 0.05) is 15.7 Å². The first-order chi connectivity index (χ1) is 11.4. The molecule has 1 N–H and O–H groups in total. The Morgan fingerprint density at radius 2 is 1.83 bits per heavy atom. The molecule has 24 heavy (non-hydrogen) atoms. The number of carbonyl (C=O) groups excluding carboxylic acids is 2. The number of hydrogen-bond donors (Lipinski definition) is 1. The number of ether oxygens (including phenoxy) is 1. The van der Waals surface area contributed by atoms with E-state index in [-0.39, 0.29) is 5.56 Å². The third-order valence-electron chi connectivity index (χ3n) is 3.01.